The van der Waals surface area contributed by atoms with Crippen LogP contribution in [0.25, 0.3) is 0 Å². The molecule has 0 bridgehead atoms. The molecule has 74 valence electrons. The molecule has 1 amide bonds. The van der Waals surface area contributed by atoms with Gasteiger partial charge in [0.1, 0.15) is 6.54 Å². The first-order chi connectivity index (χ1) is 6.11. The van der Waals surface area contributed by atoms with E-state index >= 15 is 0 Å². The first-order valence-electron chi connectivity index (χ1n) is 3.28. The summed E-state index contributed by atoms with van der Waals surface area (Å²) in [4.78, 5) is 34.4. The number of nitrogens with one attached hydrogen (secondary N) is 1. The minimum atomic E-state index is -0.949. The number of hydrogen-bond donors (Lipinski definition) is 3. The van der Waals surface area contributed by atoms with Crippen LogP contribution in [-0.2, 0) is 14.4 Å². The SMILES string of the molecule is N[C@@H](CS)C(=O)NCC(=O)ON=O. The van der Waals surface area contributed by atoms with Crippen LogP contribution in [0.5, 0.6) is 0 Å². The lowest BCUT2D eigenvalue weighted by atomic mass is 10.3. The predicted octanol–water partition coefficient (Wildman–Crippen LogP) is -1.42. The molecule has 0 rings (SSSR count). The second-order valence-electron chi connectivity index (χ2n) is 2.04. The number of carbonyl (C=O) groups is 2. The van der Waals surface area contributed by atoms with E-state index in [0.29, 0.717) is 0 Å². The van der Waals surface area contributed by atoms with Gasteiger partial charge in [-0.1, -0.05) is 0 Å². The molecule has 0 saturated carbocycles. The van der Waals surface area contributed by atoms with Crippen LogP contribution < -0.4 is 11.1 Å². The van der Waals surface area contributed by atoms with Gasteiger partial charge < -0.3 is 11.1 Å². The molecule has 8 heteroatoms. The van der Waals surface area contributed by atoms with Crippen molar-refractivity contribution in [2.24, 2.45) is 11.1 Å². The topological polar surface area (TPSA) is 111 Å². The minimum Gasteiger partial charge on any atom is -0.344 e. The fraction of sp³-hybridized carbons (Fsp3) is 0.600. The molecule has 13 heavy (non-hydrogen) atoms. The third-order valence-electron chi connectivity index (χ3n) is 1.08. The molecule has 0 aromatic rings. The lowest BCUT2D eigenvalue weighted by Crippen LogP contribution is -2.43. The van der Waals surface area contributed by atoms with Gasteiger partial charge in [-0.2, -0.15) is 12.6 Å². The average Bonchev–Trinajstić information content (AvgIpc) is 2.13. The number of hydrogen-bond acceptors (Lipinski definition) is 7. The normalized spacial score (nSPS) is 11.5. The van der Waals surface area contributed by atoms with Gasteiger partial charge >= 0.3 is 5.97 Å². The monoisotopic (exact) mass is 207 g/mol. The molecule has 0 radical (unpaired) electrons. The summed E-state index contributed by atoms with van der Waals surface area (Å²) in [5, 5.41) is 4.01. The maximum atomic E-state index is 10.9. The van der Waals surface area contributed by atoms with E-state index in [1.54, 1.807) is 0 Å². The summed E-state index contributed by atoms with van der Waals surface area (Å²) in [5.41, 5.74) is 5.25. The molecule has 0 aromatic heterocycles. The van der Waals surface area contributed by atoms with Crippen molar-refractivity contribution in [1.82, 2.24) is 5.32 Å². The summed E-state index contributed by atoms with van der Waals surface area (Å²) in [7, 11) is 0. The Morgan fingerprint density at radius 1 is 1.62 bits per heavy atom. The van der Waals surface area contributed by atoms with Gasteiger partial charge in [-0.25, -0.2) is 4.79 Å². The molecule has 0 aliphatic heterocycles. The zero-order valence-corrected chi connectivity index (χ0v) is 7.49. The highest BCUT2D eigenvalue weighted by molar-refractivity contribution is 7.80. The molecule has 0 aliphatic rings. The van der Waals surface area contributed by atoms with Crippen molar-refractivity contribution in [3.63, 3.8) is 0 Å². The summed E-state index contributed by atoms with van der Waals surface area (Å²) in [6.07, 6.45) is 0. The first kappa shape index (κ1) is 11.8. The molecular weight excluding hydrogens is 198 g/mol. The van der Waals surface area contributed by atoms with E-state index in [0.717, 1.165) is 0 Å². The van der Waals surface area contributed by atoms with E-state index in [9.17, 15) is 14.5 Å². The Morgan fingerprint density at radius 2 is 2.23 bits per heavy atom. The van der Waals surface area contributed by atoms with E-state index in [4.69, 9.17) is 5.73 Å². The molecule has 1 atom stereocenters. The first-order valence-corrected chi connectivity index (χ1v) is 3.91. The van der Waals surface area contributed by atoms with Crippen LogP contribution in [0.2, 0.25) is 0 Å². The summed E-state index contributed by atoms with van der Waals surface area (Å²) in [5.74, 6) is -1.33. The fourth-order valence-corrected chi connectivity index (χ4v) is 0.613. The number of amides is 1. The van der Waals surface area contributed by atoms with Crippen LogP contribution in [0.3, 0.4) is 0 Å². The third-order valence-corrected chi connectivity index (χ3v) is 1.47. The molecule has 0 fully saturated rings. The third kappa shape index (κ3) is 5.15. The molecule has 7 nitrogen and oxygen atoms in total. The minimum absolute atomic E-state index is 0.160. The molecular formula is C5H9N3O4S. The Morgan fingerprint density at radius 3 is 2.69 bits per heavy atom. The molecule has 3 N–H and O–H groups in total. The number of rotatable bonds is 5. The fourth-order valence-electron chi connectivity index (χ4n) is 0.447. The Hall–Kier alpha value is -1.15. The van der Waals surface area contributed by atoms with E-state index in [2.05, 4.69) is 22.8 Å². The zero-order valence-electron chi connectivity index (χ0n) is 6.60. The molecule has 0 heterocycles. The smallest absolute Gasteiger partial charge is 0.344 e. The highest BCUT2D eigenvalue weighted by Gasteiger charge is 2.12. The van der Waals surface area contributed by atoms with Crippen molar-refractivity contribution in [3.8, 4) is 0 Å². The van der Waals surface area contributed by atoms with Crippen LogP contribution in [-0.4, -0.2) is 30.2 Å². The Labute approximate surface area is 79.3 Å². The maximum absolute atomic E-state index is 10.9. The number of carbonyl (C=O) groups excluding carboxylic acids is 2. The van der Waals surface area contributed by atoms with E-state index in [1.807, 2.05) is 5.34 Å². The van der Waals surface area contributed by atoms with E-state index < -0.39 is 24.5 Å². The Bertz CT molecular complexity index is 210. The lowest BCUT2D eigenvalue weighted by Gasteiger charge is -2.07. The van der Waals surface area contributed by atoms with Crippen molar-refractivity contribution in [3.05, 3.63) is 4.91 Å². The van der Waals surface area contributed by atoms with Crippen molar-refractivity contribution < 1.29 is 14.4 Å². The molecule has 0 spiro atoms. The van der Waals surface area contributed by atoms with Crippen LogP contribution >= 0.6 is 12.6 Å². The number of thiol groups is 1. The quantitative estimate of drug-likeness (QED) is 0.291. The highest BCUT2D eigenvalue weighted by atomic mass is 32.1. The van der Waals surface area contributed by atoms with Gasteiger partial charge in [0.15, 0.2) is 5.34 Å². The number of nitrogens with zero attached hydrogens (tertiary/aromatic N) is 1. The molecule has 0 aromatic carbocycles. The van der Waals surface area contributed by atoms with Gasteiger partial charge in [-0.3, -0.25) is 9.63 Å². The Balaban J connectivity index is 3.69. The van der Waals surface area contributed by atoms with Gasteiger partial charge in [0.2, 0.25) is 5.91 Å². The number of nitrogens with two attached hydrogens (primary N) is 1. The summed E-state index contributed by atoms with van der Waals surface area (Å²) in [6.45, 7) is -0.438. The predicted molar refractivity (Wildman–Crippen MR) is 46.7 cm³/mol. The van der Waals surface area contributed by atoms with Crippen molar-refractivity contribution in [2.45, 2.75) is 6.04 Å². The molecule has 0 aliphatic carbocycles. The summed E-state index contributed by atoms with van der Waals surface area (Å²) in [6, 6.07) is -0.791. The van der Waals surface area contributed by atoms with Crippen LogP contribution in [0.1, 0.15) is 0 Å². The maximum Gasteiger partial charge on any atom is 0.357 e. The molecule has 0 saturated heterocycles. The van der Waals surface area contributed by atoms with Gasteiger partial charge in [-0.05, 0) is 0 Å². The highest BCUT2D eigenvalue weighted by Crippen LogP contribution is 1.83. The standard InChI is InChI=1S/C5H9N3O4S/c6-3(2-13)5(10)7-1-4(9)12-8-11/h3,13H,1-2,6H2,(H,7,10)/t3-/m0/s1. The second kappa shape index (κ2) is 6.38. The molecule has 0 unspecified atom stereocenters. The van der Waals surface area contributed by atoms with Crippen molar-refractivity contribution in [1.29, 1.82) is 0 Å². The summed E-state index contributed by atoms with van der Waals surface area (Å²) < 4.78 is 0. The lowest BCUT2D eigenvalue weighted by molar-refractivity contribution is -0.144. The van der Waals surface area contributed by atoms with Gasteiger partial charge in [0.05, 0.1) is 6.04 Å². The van der Waals surface area contributed by atoms with E-state index in [1.165, 1.54) is 0 Å². The van der Waals surface area contributed by atoms with Gasteiger partial charge in [-0.15, -0.1) is 4.91 Å². The van der Waals surface area contributed by atoms with Crippen LogP contribution in [0.4, 0.5) is 0 Å². The Kier molecular flexibility index (Phi) is 5.81. The van der Waals surface area contributed by atoms with Crippen molar-refractivity contribution in [2.75, 3.05) is 12.3 Å². The van der Waals surface area contributed by atoms with Gasteiger partial charge in [0, 0.05) is 5.75 Å². The largest absolute Gasteiger partial charge is 0.357 e. The van der Waals surface area contributed by atoms with Crippen molar-refractivity contribution >= 4 is 24.5 Å². The summed E-state index contributed by atoms with van der Waals surface area (Å²) >= 11 is 3.77. The van der Waals surface area contributed by atoms with Gasteiger partial charge in [0.25, 0.3) is 0 Å². The zero-order chi connectivity index (χ0) is 10.3. The second-order valence-corrected chi connectivity index (χ2v) is 2.41. The van der Waals surface area contributed by atoms with Crippen LogP contribution in [0.15, 0.2) is 5.34 Å². The van der Waals surface area contributed by atoms with Crippen LogP contribution in [0, 0.1) is 4.91 Å². The van der Waals surface area contributed by atoms with E-state index in [-0.39, 0.29) is 5.75 Å². The average molecular weight is 207 g/mol.